The molecule has 2 rings (SSSR count). The molecule has 134 valence electrons. The van der Waals surface area contributed by atoms with Crippen LogP contribution in [0.2, 0.25) is 0 Å². The number of sulfonamides is 1. The van der Waals surface area contributed by atoms with Gasteiger partial charge < -0.3 is 10.2 Å². The van der Waals surface area contributed by atoms with E-state index in [1.54, 1.807) is 31.3 Å². The van der Waals surface area contributed by atoms with Crippen molar-refractivity contribution in [2.75, 3.05) is 33.2 Å². The second-order valence-electron chi connectivity index (χ2n) is 6.38. The van der Waals surface area contributed by atoms with E-state index in [0.717, 1.165) is 24.6 Å². The first-order valence-corrected chi connectivity index (χ1v) is 9.92. The second-order valence-corrected chi connectivity index (χ2v) is 8.15. The molecule has 0 spiro atoms. The summed E-state index contributed by atoms with van der Waals surface area (Å²) in [5, 5.41) is 3.24. The van der Waals surface area contributed by atoms with E-state index in [9.17, 15) is 8.42 Å². The summed E-state index contributed by atoms with van der Waals surface area (Å²) in [6.45, 7) is 6.99. The molecule has 1 aliphatic rings. The van der Waals surface area contributed by atoms with Crippen LogP contribution >= 0.6 is 0 Å². The SMILES string of the molecule is CN=C(NCCNS(=O)(=O)c1ccc(C)cc1)N1CCCC(C)C1. The molecular formula is C17H28N4O2S. The van der Waals surface area contributed by atoms with Crippen LogP contribution in [0, 0.1) is 12.8 Å². The lowest BCUT2D eigenvalue weighted by Crippen LogP contribution is -2.47. The Morgan fingerprint density at radius 1 is 1.29 bits per heavy atom. The van der Waals surface area contributed by atoms with Crippen molar-refractivity contribution < 1.29 is 8.42 Å². The maximum atomic E-state index is 12.2. The minimum atomic E-state index is -3.46. The molecule has 1 aromatic carbocycles. The van der Waals surface area contributed by atoms with Gasteiger partial charge in [0.1, 0.15) is 0 Å². The van der Waals surface area contributed by atoms with E-state index >= 15 is 0 Å². The summed E-state index contributed by atoms with van der Waals surface area (Å²) in [5.41, 5.74) is 1.04. The molecule has 0 amide bonds. The molecule has 1 fully saturated rings. The highest BCUT2D eigenvalue weighted by Crippen LogP contribution is 2.15. The zero-order chi connectivity index (χ0) is 17.6. The number of likely N-dealkylation sites (tertiary alicyclic amines) is 1. The van der Waals surface area contributed by atoms with Crippen molar-refractivity contribution in [1.82, 2.24) is 14.9 Å². The lowest BCUT2D eigenvalue weighted by Gasteiger charge is -2.33. The third-order valence-electron chi connectivity index (χ3n) is 4.20. The molecule has 1 heterocycles. The van der Waals surface area contributed by atoms with Gasteiger partial charge in [-0.15, -0.1) is 0 Å². The normalized spacial score (nSPS) is 19.4. The van der Waals surface area contributed by atoms with Gasteiger partial charge in [0.2, 0.25) is 10.0 Å². The zero-order valence-corrected chi connectivity index (χ0v) is 15.6. The van der Waals surface area contributed by atoms with E-state index in [1.165, 1.54) is 12.8 Å². The summed E-state index contributed by atoms with van der Waals surface area (Å²) in [5.74, 6) is 1.51. The Kier molecular flexibility index (Phi) is 6.62. The molecule has 1 aromatic rings. The summed E-state index contributed by atoms with van der Waals surface area (Å²) >= 11 is 0. The van der Waals surface area contributed by atoms with Gasteiger partial charge in [0.25, 0.3) is 0 Å². The van der Waals surface area contributed by atoms with Crippen molar-refractivity contribution in [3.63, 3.8) is 0 Å². The van der Waals surface area contributed by atoms with Crippen molar-refractivity contribution in [3.05, 3.63) is 29.8 Å². The Hall–Kier alpha value is -1.60. The van der Waals surface area contributed by atoms with E-state index in [4.69, 9.17) is 0 Å². The number of benzene rings is 1. The average molecular weight is 353 g/mol. The summed E-state index contributed by atoms with van der Waals surface area (Å²) < 4.78 is 27.1. The molecule has 0 radical (unpaired) electrons. The Morgan fingerprint density at radius 3 is 2.62 bits per heavy atom. The number of hydrogen-bond donors (Lipinski definition) is 2. The molecule has 7 heteroatoms. The molecule has 0 aromatic heterocycles. The monoisotopic (exact) mass is 352 g/mol. The summed E-state index contributed by atoms with van der Waals surface area (Å²) in [6, 6.07) is 6.84. The van der Waals surface area contributed by atoms with Crippen LogP contribution in [-0.2, 0) is 10.0 Å². The molecule has 1 unspecified atom stereocenters. The van der Waals surface area contributed by atoms with E-state index in [0.29, 0.717) is 23.9 Å². The number of hydrogen-bond acceptors (Lipinski definition) is 3. The van der Waals surface area contributed by atoms with Gasteiger partial charge in [0.15, 0.2) is 5.96 Å². The molecule has 6 nitrogen and oxygen atoms in total. The number of nitrogens with one attached hydrogen (secondary N) is 2. The third kappa shape index (κ3) is 5.21. The van der Waals surface area contributed by atoms with Crippen molar-refractivity contribution in [1.29, 1.82) is 0 Å². The van der Waals surface area contributed by atoms with Gasteiger partial charge in [-0.3, -0.25) is 4.99 Å². The fourth-order valence-corrected chi connectivity index (χ4v) is 3.91. The van der Waals surface area contributed by atoms with Gasteiger partial charge >= 0.3 is 0 Å². The molecule has 24 heavy (non-hydrogen) atoms. The smallest absolute Gasteiger partial charge is 0.240 e. The van der Waals surface area contributed by atoms with E-state index in [-0.39, 0.29) is 0 Å². The highest BCUT2D eigenvalue weighted by atomic mass is 32.2. The van der Waals surface area contributed by atoms with Gasteiger partial charge in [-0.25, -0.2) is 13.1 Å². The van der Waals surface area contributed by atoms with Crippen LogP contribution in [-0.4, -0.2) is 52.5 Å². The van der Waals surface area contributed by atoms with Crippen LogP contribution in [0.25, 0.3) is 0 Å². The summed E-state index contributed by atoms with van der Waals surface area (Å²) in [6.07, 6.45) is 2.42. The first-order chi connectivity index (χ1) is 11.4. The number of aliphatic imine (C=N–C) groups is 1. The first kappa shape index (κ1) is 18.7. The zero-order valence-electron chi connectivity index (χ0n) is 14.7. The standard InChI is InChI=1S/C17H28N4O2S/c1-14-6-8-16(9-7-14)24(22,23)20-11-10-19-17(18-3)21-12-4-5-15(2)13-21/h6-9,15,20H,4-5,10-13H2,1-3H3,(H,18,19). The van der Waals surface area contributed by atoms with Crippen molar-refractivity contribution in [2.45, 2.75) is 31.6 Å². The lowest BCUT2D eigenvalue weighted by molar-refractivity contribution is 0.266. The predicted molar refractivity (Wildman–Crippen MR) is 97.7 cm³/mol. The molecule has 0 saturated carbocycles. The Morgan fingerprint density at radius 2 is 2.00 bits per heavy atom. The maximum absolute atomic E-state index is 12.2. The summed E-state index contributed by atoms with van der Waals surface area (Å²) in [4.78, 5) is 6.83. The highest BCUT2D eigenvalue weighted by molar-refractivity contribution is 7.89. The number of nitrogens with zero attached hydrogens (tertiary/aromatic N) is 2. The van der Waals surface area contributed by atoms with Crippen molar-refractivity contribution in [3.8, 4) is 0 Å². The van der Waals surface area contributed by atoms with E-state index < -0.39 is 10.0 Å². The minimum Gasteiger partial charge on any atom is -0.355 e. The number of rotatable bonds is 5. The van der Waals surface area contributed by atoms with Crippen LogP contribution in [0.5, 0.6) is 0 Å². The minimum absolute atomic E-state index is 0.294. The van der Waals surface area contributed by atoms with Crippen LogP contribution in [0.15, 0.2) is 34.2 Å². The van der Waals surface area contributed by atoms with Crippen LogP contribution in [0.1, 0.15) is 25.3 Å². The average Bonchev–Trinajstić information content (AvgIpc) is 2.55. The molecule has 1 aliphatic heterocycles. The van der Waals surface area contributed by atoms with Gasteiger partial charge in [0, 0.05) is 33.2 Å². The largest absolute Gasteiger partial charge is 0.355 e. The maximum Gasteiger partial charge on any atom is 0.240 e. The Labute approximate surface area is 145 Å². The van der Waals surface area contributed by atoms with Crippen molar-refractivity contribution in [2.24, 2.45) is 10.9 Å². The lowest BCUT2D eigenvalue weighted by atomic mass is 10.0. The molecule has 1 saturated heterocycles. The van der Waals surface area contributed by atoms with Gasteiger partial charge in [-0.2, -0.15) is 0 Å². The van der Waals surface area contributed by atoms with Gasteiger partial charge in [0.05, 0.1) is 4.90 Å². The third-order valence-corrected chi connectivity index (χ3v) is 5.68. The Balaban J connectivity index is 1.81. The topological polar surface area (TPSA) is 73.8 Å². The molecule has 2 N–H and O–H groups in total. The second kappa shape index (κ2) is 8.48. The quantitative estimate of drug-likeness (QED) is 0.479. The number of guanidine groups is 1. The van der Waals surface area contributed by atoms with Crippen molar-refractivity contribution >= 4 is 16.0 Å². The van der Waals surface area contributed by atoms with Gasteiger partial charge in [-0.1, -0.05) is 24.6 Å². The molecule has 0 bridgehead atoms. The molecule has 0 aliphatic carbocycles. The van der Waals surface area contributed by atoms with E-state index in [1.807, 2.05) is 6.92 Å². The van der Waals surface area contributed by atoms with Gasteiger partial charge in [-0.05, 0) is 37.8 Å². The Bertz CT molecular complexity index is 656. The highest BCUT2D eigenvalue weighted by Gasteiger charge is 2.19. The first-order valence-electron chi connectivity index (χ1n) is 8.44. The fraction of sp³-hybridized carbons (Fsp3) is 0.588. The summed E-state index contributed by atoms with van der Waals surface area (Å²) in [7, 11) is -1.70. The molecule has 1 atom stereocenters. The fourth-order valence-electron chi connectivity index (χ4n) is 2.87. The van der Waals surface area contributed by atoms with Crippen LogP contribution in [0.3, 0.4) is 0 Å². The number of piperidine rings is 1. The van der Waals surface area contributed by atoms with E-state index in [2.05, 4.69) is 26.9 Å². The predicted octanol–water partition coefficient (Wildman–Crippen LogP) is 1.58. The molecular weight excluding hydrogens is 324 g/mol. The van der Waals surface area contributed by atoms with Crippen LogP contribution < -0.4 is 10.0 Å². The van der Waals surface area contributed by atoms with Crippen LogP contribution in [0.4, 0.5) is 0 Å². The number of aryl methyl sites for hydroxylation is 1.